The topological polar surface area (TPSA) is 45.2 Å². The number of piperidine rings is 1. The summed E-state index contributed by atoms with van der Waals surface area (Å²) in [5.74, 6) is -0.112. The summed E-state index contributed by atoms with van der Waals surface area (Å²) in [6.07, 6.45) is 7.08. The van der Waals surface area contributed by atoms with Crippen molar-refractivity contribution < 1.29 is 4.79 Å². The lowest BCUT2D eigenvalue weighted by Crippen LogP contribution is -2.36. The van der Waals surface area contributed by atoms with Crippen molar-refractivity contribution in [2.24, 2.45) is 5.41 Å². The van der Waals surface area contributed by atoms with E-state index in [0.717, 1.165) is 24.3 Å². The average Bonchev–Trinajstić information content (AvgIpc) is 3.39. The van der Waals surface area contributed by atoms with E-state index in [2.05, 4.69) is 15.2 Å². The van der Waals surface area contributed by atoms with Gasteiger partial charge in [0.15, 0.2) is 0 Å². The molecule has 1 amide bonds. The number of carbonyl (C=O) groups is 1. The van der Waals surface area contributed by atoms with Crippen LogP contribution in [-0.2, 0) is 6.54 Å². The third-order valence-corrected chi connectivity index (χ3v) is 5.26. The highest BCUT2D eigenvalue weighted by Gasteiger charge is 2.45. The first kappa shape index (κ1) is 15.2. The summed E-state index contributed by atoms with van der Waals surface area (Å²) < 4.78 is 0. The van der Waals surface area contributed by atoms with Gasteiger partial charge in [0.05, 0.1) is 0 Å². The molecule has 2 heterocycles. The zero-order chi connectivity index (χ0) is 16.4. The summed E-state index contributed by atoms with van der Waals surface area (Å²) >= 11 is 0. The first-order valence-corrected chi connectivity index (χ1v) is 8.77. The number of nitrogens with zero attached hydrogens (tertiary/aromatic N) is 2. The SMILES string of the molecule is O=C(NCc1ccccc1)c1cc(N2CCCC3(CC3)C2)ccn1. The lowest BCUT2D eigenvalue weighted by atomic mass is 9.95. The van der Waals surface area contributed by atoms with E-state index in [1.54, 1.807) is 6.20 Å². The molecule has 0 atom stereocenters. The molecule has 1 aliphatic heterocycles. The Hall–Kier alpha value is -2.36. The predicted octanol–water partition coefficient (Wildman–Crippen LogP) is 3.39. The van der Waals surface area contributed by atoms with Crippen LogP contribution in [0.5, 0.6) is 0 Å². The van der Waals surface area contributed by atoms with Crippen LogP contribution < -0.4 is 10.2 Å². The van der Waals surface area contributed by atoms with Gasteiger partial charge in [-0.1, -0.05) is 30.3 Å². The average molecular weight is 321 g/mol. The summed E-state index contributed by atoms with van der Waals surface area (Å²) in [4.78, 5) is 19.1. The zero-order valence-corrected chi connectivity index (χ0v) is 13.9. The van der Waals surface area contributed by atoms with Gasteiger partial charge in [0.25, 0.3) is 5.91 Å². The monoisotopic (exact) mass is 321 g/mol. The van der Waals surface area contributed by atoms with Crippen molar-refractivity contribution in [3.05, 3.63) is 59.9 Å². The molecular formula is C20H23N3O. The molecule has 1 aromatic carbocycles. The van der Waals surface area contributed by atoms with Gasteiger partial charge in [-0.2, -0.15) is 0 Å². The molecule has 0 radical (unpaired) electrons. The first-order chi connectivity index (χ1) is 11.7. The number of benzene rings is 1. The molecular weight excluding hydrogens is 298 g/mol. The summed E-state index contributed by atoms with van der Waals surface area (Å²) in [6.45, 7) is 2.73. The van der Waals surface area contributed by atoms with E-state index in [0.29, 0.717) is 17.7 Å². The number of hydrogen-bond donors (Lipinski definition) is 1. The Morgan fingerprint density at radius 3 is 2.79 bits per heavy atom. The van der Waals surface area contributed by atoms with Gasteiger partial charge in [0, 0.05) is 31.5 Å². The van der Waals surface area contributed by atoms with E-state index in [9.17, 15) is 4.79 Å². The van der Waals surface area contributed by atoms with Crippen LogP contribution in [0.2, 0.25) is 0 Å². The minimum Gasteiger partial charge on any atom is -0.371 e. The van der Waals surface area contributed by atoms with E-state index in [1.807, 2.05) is 42.5 Å². The van der Waals surface area contributed by atoms with Crippen LogP contribution in [0.25, 0.3) is 0 Å². The lowest BCUT2D eigenvalue weighted by Gasteiger charge is -2.34. The summed E-state index contributed by atoms with van der Waals surface area (Å²) in [6, 6.07) is 13.9. The molecule has 4 rings (SSSR count). The Morgan fingerprint density at radius 1 is 1.17 bits per heavy atom. The molecule has 1 saturated heterocycles. The summed E-state index contributed by atoms with van der Waals surface area (Å²) in [7, 11) is 0. The maximum absolute atomic E-state index is 12.4. The van der Waals surface area contributed by atoms with Crippen LogP contribution in [0, 0.1) is 5.41 Å². The smallest absolute Gasteiger partial charge is 0.270 e. The molecule has 4 nitrogen and oxygen atoms in total. The second kappa shape index (κ2) is 6.27. The number of carbonyl (C=O) groups excluding carboxylic acids is 1. The fourth-order valence-electron chi connectivity index (χ4n) is 3.62. The second-order valence-corrected chi connectivity index (χ2v) is 7.09. The van der Waals surface area contributed by atoms with Crippen molar-refractivity contribution >= 4 is 11.6 Å². The van der Waals surface area contributed by atoms with Gasteiger partial charge in [-0.05, 0) is 48.8 Å². The minimum atomic E-state index is -0.112. The quantitative estimate of drug-likeness (QED) is 0.939. The third kappa shape index (κ3) is 3.28. The van der Waals surface area contributed by atoms with E-state index in [4.69, 9.17) is 0 Å². The van der Waals surface area contributed by atoms with Crippen molar-refractivity contribution in [3.8, 4) is 0 Å². The third-order valence-electron chi connectivity index (χ3n) is 5.26. The highest BCUT2D eigenvalue weighted by Crippen LogP contribution is 2.52. The Labute approximate surface area is 142 Å². The largest absolute Gasteiger partial charge is 0.371 e. The number of nitrogens with one attached hydrogen (secondary N) is 1. The number of aromatic nitrogens is 1. The lowest BCUT2D eigenvalue weighted by molar-refractivity contribution is 0.0946. The molecule has 4 heteroatoms. The number of pyridine rings is 1. The Bertz CT molecular complexity index is 725. The van der Waals surface area contributed by atoms with Gasteiger partial charge in [-0.3, -0.25) is 9.78 Å². The van der Waals surface area contributed by atoms with E-state index in [1.165, 1.54) is 25.7 Å². The number of amides is 1. The van der Waals surface area contributed by atoms with Gasteiger partial charge in [-0.25, -0.2) is 0 Å². The number of hydrogen-bond acceptors (Lipinski definition) is 3. The maximum Gasteiger partial charge on any atom is 0.270 e. The molecule has 1 N–H and O–H groups in total. The van der Waals surface area contributed by atoms with Gasteiger partial charge in [0.1, 0.15) is 5.69 Å². The molecule has 24 heavy (non-hydrogen) atoms. The highest BCUT2D eigenvalue weighted by atomic mass is 16.1. The van der Waals surface area contributed by atoms with Crippen LogP contribution in [0.1, 0.15) is 41.7 Å². The predicted molar refractivity (Wildman–Crippen MR) is 95.0 cm³/mol. The summed E-state index contributed by atoms with van der Waals surface area (Å²) in [5, 5.41) is 2.95. The molecule has 1 aliphatic carbocycles. The Morgan fingerprint density at radius 2 is 2.00 bits per heavy atom. The zero-order valence-electron chi connectivity index (χ0n) is 13.9. The van der Waals surface area contributed by atoms with Crippen molar-refractivity contribution in [1.82, 2.24) is 10.3 Å². The van der Waals surface area contributed by atoms with Gasteiger partial charge in [-0.15, -0.1) is 0 Å². The second-order valence-electron chi connectivity index (χ2n) is 7.09. The maximum atomic E-state index is 12.4. The molecule has 2 aromatic rings. The molecule has 1 aromatic heterocycles. The summed E-state index contributed by atoms with van der Waals surface area (Å²) in [5.41, 5.74) is 3.28. The molecule has 2 fully saturated rings. The fourth-order valence-corrected chi connectivity index (χ4v) is 3.62. The van der Waals surface area contributed by atoms with Crippen LogP contribution >= 0.6 is 0 Å². The van der Waals surface area contributed by atoms with Crippen LogP contribution in [0.3, 0.4) is 0 Å². The fraction of sp³-hybridized carbons (Fsp3) is 0.400. The van der Waals surface area contributed by atoms with Gasteiger partial charge in [0.2, 0.25) is 0 Å². The normalized spacial score (nSPS) is 18.4. The van der Waals surface area contributed by atoms with Crippen molar-refractivity contribution in [1.29, 1.82) is 0 Å². The van der Waals surface area contributed by atoms with E-state index in [-0.39, 0.29) is 5.91 Å². The van der Waals surface area contributed by atoms with Crippen molar-refractivity contribution in [2.45, 2.75) is 32.2 Å². The molecule has 1 spiro atoms. The van der Waals surface area contributed by atoms with E-state index >= 15 is 0 Å². The minimum absolute atomic E-state index is 0.112. The first-order valence-electron chi connectivity index (χ1n) is 8.77. The molecule has 2 aliphatic rings. The molecule has 0 unspecified atom stereocenters. The van der Waals surface area contributed by atoms with Gasteiger partial charge < -0.3 is 10.2 Å². The Kier molecular flexibility index (Phi) is 3.97. The number of anilines is 1. The van der Waals surface area contributed by atoms with Crippen LogP contribution in [-0.4, -0.2) is 24.0 Å². The molecule has 0 bridgehead atoms. The Balaban J connectivity index is 1.43. The molecule has 124 valence electrons. The van der Waals surface area contributed by atoms with Gasteiger partial charge >= 0.3 is 0 Å². The highest BCUT2D eigenvalue weighted by molar-refractivity contribution is 5.93. The number of rotatable bonds is 4. The van der Waals surface area contributed by atoms with Crippen molar-refractivity contribution in [3.63, 3.8) is 0 Å². The van der Waals surface area contributed by atoms with Crippen LogP contribution in [0.15, 0.2) is 48.7 Å². The van der Waals surface area contributed by atoms with Crippen LogP contribution in [0.4, 0.5) is 5.69 Å². The molecule has 1 saturated carbocycles. The van der Waals surface area contributed by atoms with E-state index < -0.39 is 0 Å². The standard InChI is InChI=1S/C20H23N3O/c24-19(22-14-16-5-2-1-3-6-16)18-13-17(7-11-21-18)23-12-4-8-20(15-23)9-10-20/h1-3,5-7,11,13H,4,8-10,12,14-15H2,(H,22,24). The van der Waals surface area contributed by atoms with Crippen molar-refractivity contribution in [2.75, 3.05) is 18.0 Å².